The molecule has 0 spiro atoms. The number of ether oxygens (including phenoxy) is 1. The summed E-state index contributed by atoms with van der Waals surface area (Å²) in [6, 6.07) is 4.75. The summed E-state index contributed by atoms with van der Waals surface area (Å²) < 4.78 is 74.0. The van der Waals surface area contributed by atoms with E-state index in [1.807, 2.05) is 0 Å². The van der Waals surface area contributed by atoms with Gasteiger partial charge in [-0.2, -0.15) is 13.2 Å². The van der Waals surface area contributed by atoms with E-state index in [-0.39, 0.29) is 41.6 Å². The molecule has 1 aliphatic heterocycles. The van der Waals surface area contributed by atoms with E-state index in [0.717, 1.165) is 28.1 Å². The molecule has 2 heterocycles. The van der Waals surface area contributed by atoms with Crippen LogP contribution in [0.2, 0.25) is 0 Å². The number of fused-ring (bicyclic) bond motifs is 2. The third kappa shape index (κ3) is 4.27. The molecule has 0 bridgehead atoms. The Balaban J connectivity index is 1.37. The van der Waals surface area contributed by atoms with Crippen molar-refractivity contribution in [3.8, 4) is 5.75 Å². The van der Waals surface area contributed by atoms with Crippen LogP contribution in [0.1, 0.15) is 34.3 Å². The molecule has 2 aliphatic rings. The van der Waals surface area contributed by atoms with Crippen molar-refractivity contribution in [3.63, 3.8) is 0 Å². The third-order valence-electron chi connectivity index (χ3n) is 7.05. The van der Waals surface area contributed by atoms with E-state index in [4.69, 9.17) is 10.5 Å². The Labute approximate surface area is 202 Å². The highest BCUT2D eigenvalue weighted by atomic mass is 19.4. The number of halogens is 5. The SMILES string of the molecule is NC(=O)c1ccc(F)c2c1C[C@@H](N(C(=O)C(F)(F)F)C1CC(Cc3c[nH]c4ccc(F)cc34)C1)CO2. The molecule has 0 radical (unpaired) electrons. The zero-order valence-corrected chi connectivity index (χ0v) is 18.9. The Hall–Kier alpha value is -3.63. The number of carbonyl (C=O) groups excluding carboxylic acids is 2. The minimum Gasteiger partial charge on any atom is -0.488 e. The van der Waals surface area contributed by atoms with Crippen molar-refractivity contribution < 1.29 is 36.3 Å². The number of rotatable bonds is 5. The van der Waals surface area contributed by atoms with Gasteiger partial charge in [0.25, 0.3) is 0 Å². The van der Waals surface area contributed by atoms with Gasteiger partial charge in [0.2, 0.25) is 5.91 Å². The highest BCUT2D eigenvalue weighted by molar-refractivity contribution is 5.95. The first-order chi connectivity index (χ1) is 17.0. The van der Waals surface area contributed by atoms with Gasteiger partial charge in [-0.05, 0) is 61.1 Å². The maximum absolute atomic E-state index is 14.2. The smallest absolute Gasteiger partial charge is 0.471 e. The van der Waals surface area contributed by atoms with Gasteiger partial charge < -0.3 is 20.4 Å². The summed E-state index contributed by atoms with van der Waals surface area (Å²) in [6.07, 6.45) is -2.45. The maximum atomic E-state index is 14.2. The van der Waals surface area contributed by atoms with Crippen molar-refractivity contribution in [2.75, 3.05) is 6.61 Å². The Morgan fingerprint density at radius 1 is 1.11 bits per heavy atom. The normalized spacial score (nSPS) is 21.4. The average Bonchev–Trinajstić information content (AvgIpc) is 3.18. The van der Waals surface area contributed by atoms with Gasteiger partial charge in [-0.25, -0.2) is 8.78 Å². The molecule has 1 aromatic heterocycles. The summed E-state index contributed by atoms with van der Waals surface area (Å²) in [5.74, 6) is -4.28. The number of nitrogens with one attached hydrogen (secondary N) is 1. The molecule has 1 fully saturated rings. The van der Waals surface area contributed by atoms with Gasteiger partial charge in [-0.1, -0.05) is 0 Å². The monoisotopic (exact) mass is 507 g/mol. The number of benzene rings is 2. The lowest BCUT2D eigenvalue weighted by Crippen LogP contribution is -2.59. The fraction of sp³-hybridized carbons (Fsp3) is 0.360. The lowest BCUT2D eigenvalue weighted by molar-refractivity contribution is -0.194. The number of aromatic nitrogens is 1. The van der Waals surface area contributed by atoms with E-state index in [1.54, 1.807) is 12.3 Å². The number of hydrogen-bond donors (Lipinski definition) is 2. The van der Waals surface area contributed by atoms with Crippen LogP contribution in [0, 0.1) is 17.6 Å². The molecule has 1 saturated carbocycles. The standard InChI is InChI=1S/C25H22F5N3O3/c26-14-1-4-21-18(8-14)13(10-32-21)5-12-6-15(7-12)33(24(35)25(28,29)30)16-9-19-17(23(31)34)2-3-20(27)22(19)36-11-16/h1-4,8,10,12,15-16,32H,5-7,9,11H2,(H2,31,34)/t12?,15?,16-/m1/s1. The van der Waals surface area contributed by atoms with Crippen LogP contribution in [0.25, 0.3) is 10.9 Å². The minimum atomic E-state index is -5.12. The first-order valence-corrected chi connectivity index (χ1v) is 11.4. The maximum Gasteiger partial charge on any atom is 0.471 e. The molecule has 2 aromatic carbocycles. The van der Waals surface area contributed by atoms with Gasteiger partial charge in [0, 0.05) is 40.7 Å². The Kier molecular flexibility index (Phi) is 5.88. The minimum absolute atomic E-state index is 0.0174. The van der Waals surface area contributed by atoms with Crippen molar-refractivity contribution in [2.24, 2.45) is 11.7 Å². The fourth-order valence-electron chi connectivity index (χ4n) is 5.34. The molecule has 3 N–H and O–H groups in total. The lowest BCUT2D eigenvalue weighted by Gasteiger charge is -2.47. The summed E-state index contributed by atoms with van der Waals surface area (Å²) in [6.45, 7) is -0.350. The molecule has 11 heteroatoms. The van der Waals surface area contributed by atoms with Crippen LogP contribution < -0.4 is 10.5 Å². The number of carbonyl (C=O) groups is 2. The second-order valence-corrected chi connectivity index (χ2v) is 9.35. The Bertz CT molecular complexity index is 1350. The molecule has 5 rings (SSSR count). The Morgan fingerprint density at radius 2 is 1.86 bits per heavy atom. The molecule has 3 aromatic rings. The van der Waals surface area contributed by atoms with Gasteiger partial charge >= 0.3 is 12.1 Å². The predicted molar refractivity (Wildman–Crippen MR) is 119 cm³/mol. The van der Waals surface area contributed by atoms with Crippen molar-refractivity contribution in [3.05, 3.63) is 64.9 Å². The van der Waals surface area contributed by atoms with Crippen molar-refractivity contribution in [1.82, 2.24) is 9.88 Å². The summed E-state index contributed by atoms with van der Waals surface area (Å²) >= 11 is 0. The van der Waals surface area contributed by atoms with E-state index in [9.17, 15) is 31.5 Å². The number of H-pyrrole nitrogens is 1. The highest BCUT2D eigenvalue weighted by Gasteiger charge is 2.50. The van der Waals surface area contributed by atoms with Crippen LogP contribution in [0.15, 0.2) is 36.5 Å². The van der Waals surface area contributed by atoms with Gasteiger partial charge in [-0.3, -0.25) is 9.59 Å². The van der Waals surface area contributed by atoms with E-state index in [0.29, 0.717) is 24.6 Å². The van der Waals surface area contributed by atoms with Gasteiger partial charge in [-0.15, -0.1) is 0 Å². The molecular formula is C25H22F5N3O3. The molecule has 1 atom stereocenters. The zero-order valence-electron chi connectivity index (χ0n) is 18.9. The number of primary amides is 1. The van der Waals surface area contributed by atoms with Gasteiger partial charge in [0.15, 0.2) is 11.6 Å². The van der Waals surface area contributed by atoms with Gasteiger partial charge in [0.1, 0.15) is 12.4 Å². The van der Waals surface area contributed by atoms with Crippen LogP contribution >= 0.6 is 0 Å². The summed E-state index contributed by atoms with van der Waals surface area (Å²) in [7, 11) is 0. The molecule has 1 aliphatic carbocycles. The van der Waals surface area contributed by atoms with Crippen molar-refractivity contribution in [1.29, 1.82) is 0 Å². The molecule has 6 nitrogen and oxygen atoms in total. The quantitative estimate of drug-likeness (QED) is 0.506. The lowest BCUT2D eigenvalue weighted by atomic mass is 9.75. The van der Waals surface area contributed by atoms with E-state index >= 15 is 0 Å². The van der Waals surface area contributed by atoms with Crippen molar-refractivity contribution >= 4 is 22.7 Å². The number of amides is 2. The predicted octanol–water partition coefficient (Wildman–Crippen LogP) is 4.26. The topological polar surface area (TPSA) is 88.4 Å². The van der Waals surface area contributed by atoms with Crippen LogP contribution in [-0.2, 0) is 17.6 Å². The fourth-order valence-corrected chi connectivity index (χ4v) is 5.34. The Morgan fingerprint density at radius 3 is 2.56 bits per heavy atom. The number of alkyl halides is 3. The van der Waals surface area contributed by atoms with Crippen LogP contribution in [-0.4, -0.2) is 46.6 Å². The summed E-state index contributed by atoms with van der Waals surface area (Å²) in [4.78, 5) is 28.1. The first-order valence-electron chi connectivity index (χ1n) is 11.4. The number of aromatic amines is 1. The largest absolute Gasteiger partial charge is 0.488 e. The average molecular weight is 507 g/mol. The second kappa shape index (κ2) is 8.79. The summed E-state index contributed by atoms with van der Waals surface area (Å²) in [5.41, 5.74) is 6.96. The van der Waals surface area contributed by atoms with Crippen LogP contribution in [0.3, 0.4) is 0 Å². The number of nitrogens with zero attached hydrogens (tertiary/aromatic N) is 1. The van der Waals surface area contributed by atoms with Crippen LogP contribution in [0.5, 0.6) is 5.75 Å². The van der Waals surface area contributed by atoms with Gasteiger partial charge in [0.05, 0.1) is 6.04 Å². The highest BCUT2D eigenvalue weighted by Crippen LogP contribution is 2.41. The second-order valence-electron chi connectivity index (χ2n) is 9.35. The molecular weight excluding hydrogens is 485 g/mol. The van der Waals surface area contributed by atoms with Crippen molar-refractivity contribution in [2.45, 2.75) is 43.9 Å². The molecule has 2 amide bonds. The van der Waals surface area contributed by atoms with E-state index in [1.165, 1.54) is 12.1 Å². The van der Waals surface area contributed by atoms with Crippen LogP contribution in [0.4, 0.5) is 22.0 Å². The zero-order chi connectivity index (χ0) is 25.8. The van der Waals surface area contributed by atoms with E-state index in [2.05, 4.69) is 4.98 Å². The number of nitrogens with two attached hydrogens (primary N) is 1. The van der Waals surface area contributed by atoms with E-state index < -0.39 is 35.9 Å². The molecule has 0 unspecified atom stereocenters. The number of hydrogen-bond acceptors (Lipinski definition) is 3. The first kappa shape index (κ1) is 24.1. The molecule has 190 valence electrons. The molecule has 0 saturated heterocycles. The third-order valence-corrected chi connectivity index (χ3v) is 7.05. The molecule has 36 heavy (non-hydrogen) atoms. The summed E-state index contributed by atoms with van der Waals surface area (Å²) in [5, 5.41) is 0.708.